The number of benzene rings is 4. The molecule has 5 rings (SSSR count). The lowest BCUT2D eigenvalue weighted by Crippen LogP contribution is -2.22. The van der Waals surface area contributed by atoms with Crippen molar-refractivity contribution in [2.45, 2.75) is 26.2 Å². The second kappa shape index (κ2) is 12.8. The quantitative estimate of drug-likeness (QED) is 0.131. The van der Waals surface area contributed by atoms with Crippen molar-refractivity contribution in [2.75, 3.05) is 30.2 Å². The molecule has 2 amide bonds. The molecule has 0 spiro atoms. The van der Waals surface area contributed by atoms with Gasteiger partial charge in [0.05, 0.1) is 25.6 Å². The summed E-state index contributed by atoms with van der Waals surface area (Å²) in [5, 5.41) is 20.2. The van der Waals surface area contributed by atoms with Gasteiger partial charge in [-0.15, -0.1) is 0 Å². The number of rotatable bonds is 9. The maximum absolute atomic E-state index is 13.3. The van der Waals surface area contributed by atoms with E-state index < -0.39 is 12.0 Å². The Labute approximate surface area is 261 Å². The molecule has 45 heavy (non-hydrogen) atoms. The van der Waals surface area contributed by atoms with E-state index in [0.29, 0.717) is 23.0 Å². The normalized spacial score (nSPS) is 11.0. The Bertz CT molecular complexity index is 1880. The molecule has 1 aromatic heterocycles. The Morgan fingerprint density at radius 1 is 0.778 bits per heavy atom. The van der Waals surface area contributed by atoms with Gasteiger partial charge in [0.25, 0.3) is 0 Å². The summed E-state index contributed by atoms with van der Waals surface area (Å²) < 4.78 is 17.0. The average molecular weight is 607 g/mol. The number of aromatic nitrogens is 1. The fourth-order valence-electron chi connectivity index (χ4n) is 4.80. The maximum Gasteiger partial charge on any atom is 0.339 e. The van der Waals surface area contributed by atoms with Crippen LogP contribution in [-0.4, -0.2) is 36.3 Å². The van der Waals surface area contributed by atoms with E-state index >= 15 is 0 Å². The molecule has 0 fully saturated rings. The molecule has 0 saturated heterocycles. The van der Waals surface area contributed by atoms with E-state index in [1.54, 1.807) is 49.7 Å². The zero-order valence-electron chi connectivity index (χ0n) is 25.6. The van der Waals surface area contributed by atoms with Gasteiger partial charge in [0.15, 0.2) is 5.75 Å². The SMILES string of the molecule is COc1cccc(Nc2cc(Oc3ccc(NC(=O)Nc4cc(C(C)(C)C)cc(C(=O)O)c4OC)c4ccccc34)ccn2)c1. The number of carbonyl (C=O) groups excluding carboxylic acids is 1. The van der Waals surface area contributed by atoms with Crippen LogP contribution in [0.1, 0.15) is 36.7 Å². The Morgan fingerprint density at radius 3 is 2.24 bits per heavy atom. The molecule has 0 aliphatic rings. The number of methoxy groups -OCH3 is 2. The highest BCUT2D eigenvalue weighted by Gasteiger charge is 2.24. The third-order valence-electron chi connectivity index (χ3n) is 7.07. The van der Waals surface area contributed by atoms with Crippen molar-refractivity contribution in [3.8, 4) is 23.0 Å². The summed E-state index contributed by atoms with van der Waals surface area (Å²) in [4.78, 5) is 29.6. The molecule has 230 valence electrons. The predicted octanol–water partition coefficient (Wildman–Crippen LogP) is 8.43. The number of hydrogen-bond donors (Lipinski definition) is 4. The number of amides is 2. The van der Waals surface area contributed by atoms with E-state index in [2.05, 4.69) is 20.9 Å². The standard InChI is InChI=1S/C35H34N4O6/c1-35(2,3)21-17-27(33(40)41)32(44-5)29(18-21)39-34(42)38-28-13-14-30(26-12-7-6-11-25(26)28)45-24-15-16-36-31(20-24)37-22-9-8-10-23(19-22)43-4/h6-20H,1-5H3,(H,36,37)(H,40,41)(H2,38,39,42). The lowest BCUT2D eigenvalue weighted by atomic mass is 9.85. The number of carboxylic acids is 1. The van der Waals surface area contributed by atoms with Crippen molar-refractivity contribution in [1.82, 2.24) is 4.98 Å². The minimum absolute atomic E-state index is 0.0369. The predicted molar refractivity (Wildman–Crippen MR) is 176 cm³/mol. The summed E-state index contributed by atoms with van der Waals surface area (Å²) in [6, 6.07) is 24.9. The molecule has 0 radical (unpaired) electrons. The monoisotopic (exact) mass is 606 g/mol. The average Bonchev–Trinajstić information content (AvgIpc) is 3.01. The van der Waals surface area contributed by atoms with Crippen LogP contribution in [0, 0.1) is 0 Å². The second-order valence-corrected chi connectivity index (χ2v) is 11.2. The molecule has 0 unspecified atom stereocenters. The van der Waals surface area contributed by atoms with Crippen LogP contribution in [0.25, 0.3) is 10.8 Å². The van der Waals surface area contributed by atoms with E-state index in [-0.39, 0.29) is 22.4 Å². The first-order valence-corrected chi connectivity index (χ1v) is 14.2. The van der Waals surface area contributed by atoms with Gasteiger partial charge in [0.1, 0.15) is 28.6 Å². The van der Waals surface area contributed by atoms with Crippen molar-refractivity contribution < 1.29 is 28.9 Å². The van der Waals surface area contributed by atoms with Crippen LogP contribution in [0.2, 0.25) is 0 Å². The molecule has 0 bridgehead atoms. The van der Waals surface area contributed by atoms with Crippen LogP contribution in [0.15, 0.2) is 91.1 Å². The van der Waals surface area contributed by atoms with Crippen molar-refractivity contribution in [2.24, 2.45) is 0 Å². The van der Waals surface area contributed by atoms with Crippen LogP contribution < -0.4 is 30.2 Å². The smallest absolute Gasteiger partial charge is 0.339 e. The van der Waals surface area contributed by atoms with Crippen molar-refractivity contribution in [1.29, 1.82) is 0 Å². The molecule has 4 N–H and O–H groups in total. The first-order valence-electron chi connectivity index (χ1n) is 14.2. The Morgan fingerprint density at radius 2 is 1.53 bits per heavy atom. The number of ether oxygens (including phenoxy) is 3. The molecule has 4 aromatic carbocycles. The highest BCUT2D eigenvalue weighted by molar-refractivity contribution is 6.08. The van der Waals surface area contributed by atoms with Crippen LogP contribution in [0.5, 0.6) is 23.0 Å². The van der Waals surface area contributed by atoms with Crippen LogP contribution in [-0.2, 0) is 5.41 Å². The number of nitrogens with one attached hydrogen (secondary N) is 3. The van der Waals surface area contributed by atoms with Gasteiger partial charge >= 0.3 is 12.0 Å². The molecule has 0 saturated carbocycles. The Hall–Kier alpha value is -5.77. The van der Waals surface area contributed by atoms with Crippen LogP contribution in [0.4, 0.5) is 27.7 Å². The van der Waals surface area contributed by atoms with Crippen molar-refractivity contribution >= 4 is 45.7 Å². The first kappa shape index (κ1) is 30.7. The Balaban J connectivity index is 1.39. The van der Waals surface area contributed by atoms with E-state index in [1.165, 1.54) is 7.11 Å². The summed E-state index contributed by atoms with van der Waals surface area (Å²) in [6.45, 7) is 5.89. The summed E-state index contributed by atoms with van der Waals surface area (Å²) >= 11 is 0. The number of pyridine rings is 1. The minimum Gasteiger partial charge on any atom is -0.497 e. The Kier molecular flexibility index (Phi) is 8.76. The van der Waals surface area contributed by atoms with Gasteiger partial charge in [-0.25, -0.2) is 14.6 Å². The van der Waals surface area contributed by atoms with Crippen molar-refractivity contribution in [3.05, 3.63) is 102 Å². The molecule has 5 aromatic rings. The minimum atomic E-state index is -1.15. The second-order valence-electron chi connectivity index (χ2n) is 11.2. The number of nitrogens with zero attached hydrogens (tertiary/aromatic N) is 1. The van der Waals surface area contributed by atoms with E-state index in [0.717, 1.165) is 27.8 Å². The zero-order chi connectivity index (χ0) is 32.1. The van der Waals surface area contributed by atoms with Gasteiger partial charge in [-0.1, -0.05) is 51.1 Å². The maximum atomic E-state index is 13.3. The van der Waals surface area contributed by atoms with E-state index in [1.807, 2.05) is 69.3 Å². The number of hydrogen-bond acceptors (Lipinski definition) is 7. The van der Waals surface area contributed by atoms with Crippen LogP contribution in [0.3, 0.4) is 0 Å². The summed E-state index contributed by atoms with van der Waals surface area (Å²) in [5.41, 5.74) is 1.94. The molecular formula is C35H34N4O6. The van der Waals surface area contributed by atoms with Gasteiger partial charge in [-0.3, -0.25) is 0 Å². The molecule has 0 aliphatic carbocycles. The highest BCUT2D eigenvalue weighted by Crippen LogP contribution is 2.37. The largest absolute Gasteiger partial charge is 0.497 e. The first-order chi connectivity index (χ1) is 21.5. The van der Waals surface area contributed by atoms with E-state index in [9.17, 15) is 14.7 Å². The number of urea groups is 1. The third kappa shape index (κ3) is 7.07. The van der Waals surface area contributed by atoms with Gasteiger partial charge in [-0.05, 0) is 53.4 Å². The molecule has 1 heterocycles. The molecule has 10 heteroatoms. The number of fused-ring (bicyclic) bond motifs is 1. The third-order valence-corrected chi connectivity index (χ3v) is 7.07. The number of anilines is 4. The molecular weight excluding hydrogens is 572 g/mol. The molecule has 0 aliphatic heterocycles. The van der Waals surface area contributed by atoms with Crippen LogP contribution >= 0.6 is 0 Å². The van der Waals surface area contributed by atoms with Gasteiger partial charge in [-0.2, -0.15) is 0 Å². The fourth-order valence-corrected chi connectivity index (χ4v) is 4.80. The summed E-state index contributed by atoms with van der Waals surface area (Å²) in [5.74, 6) is 1.39. The van der Waals surface area contributed by atoms with Gasteiger partial charge < -0.3 is 35.3 Å². The van der Waals surface area contributed by atoms with Gasteiger partial charge in [0, 0.05) is 34.8 Å². The number of carboxylic acid groups (broad SMARTS) is 1. The number of aromatic carboxylic acids is 1. The van der Waals surface area contributed by atoms with Gasteiger partial charge in [0.2, 0.25) is 0 Å². The lowest BCUT2D eigenvalue weighted by molar-refractivity contribution is 0.0693. The van der Waals surface area contributed by atoms with Crippen molar-refractivity contribution in [3.63, 3.8) is 0 Å². The summed E-state index contributed by atoms with van der Waals surface area (Å²) in [6.07, 6.45) is 1.65. The van der Waals surface area contributed by atoms with E-state index in [4.69, 9.17) is 14.2 Å². The topological polar surface area (TPSA) is 131 Å². The zero-order valence-corrected chi connectivity index (χ0v) is 25.6. The lowest BCUT2D eigenvalue weighted by Gasteiger charge is -2.23. The molecule has 0 atom stereocenters. The fraction of sp³-hybridized carbons (Fsp3) is 0.171. The molecule has 10 nitrogen and oxygen atoms in total. The summed E-state index contributed by atoms with van der Waals surface area (Å²) in [7, 11) is 2.98. The number of carbonyl (C=O) groups is 2. The highest BCUT2D eigenvalue weighted by atomic mass is 16.5.